The van der Waals surface area contributed by atoms with Crippen molar-refractivity contribution < 1.29 is 14.1 Å². The largest absolute Gasteiger partial charge is 0.497 e. The molecule has 31 heavy (non-hydrogen) atoms. The summed E-state index contributed by atoms with van der Waals surface area (Å²) in [6.45, 7) is 5.65. The Morgan fingerprint density at radius 1 is 1.16 bits per heavy atom. The van der Waals surface area contributed by atoms with E-state index in [1.807, 2.05) is 41.3 Å². The summed E-state index contributed by atoms with van der Waals surface area (Å²) in [6.07, 6.45) is 1.73. The second-order valence-electron chi connectivity index (χ2n) is 8.18. The summed E-state index contributed by atoms with van der Waals surface area (Å²) in [5.74, 6) is 1.66. The number of hydrogen-bond acceptors (Lipinski definition) is 6. The van der Waals surface area contributed by atoms with E-state index in [1.165, 1.54) is 5.56 Å². The SMILES string of the molecule is COc1ccc(-c2noc(N3CCC[C@@H](C(=O)Nc4ccc(C(C)C)cc4)C3)n2)cc1. The van der Waals surface area contributed by atoms with Crippen LogP contribution in [0.4, 0.5) is 11.7 Å². The molecule has 2 heterocycles. The van der Waals surface area contributed by atoms with E-state index in [4.69, 9.17) is 9.26 Å². The lowest BCUT2D eigenvalue weighted by Crippen LogP contribution is -2.41. The first kappa shape index (κ1) is 20.9. The van der Waals surface area contributed by atoms with E-state index in [1.54, 1.807) is 7.11 Å². The van der Waals surface area contributed by atoms with Crippen molar-refractivity contribution in [2.24, 2.45) is 5.92 Å². The average Bonchev–Trinajstić information content (AvgIpc) is 3.30. The minimum atomic E-state index is -0.130. The highest BCUT2D eigenvalue weighted by atomic mass is 16.5. The van der Waals surface area contributed by atoms with Crippen LogP contribution >= 0.6 is 0 Å². The Kier molecular flexibility index (Phi) is 6.21. The highest BCUT2D eigenvalue weighted by molar-refractivity contribution is 5.93. The number of nitrogens with zero attached hydrogens (tertiary/aromatic N) is 3. The van der Waals surface area contributed by atoms with Gasteiger partial charge in [0.25, 0.3) is 0 Å². The van der Waals surface area contributed by atoms with Crippen LogP contribution < -0.4 is 15.0 Å². The van der Waals surface area contributed by atoms with Crippen molar-refractivity contribution in [3.63, 3.8) is 0 Å². The second kappa shape index (κ2) is 9.20. The molecular weight excluding hydrogens is 392 g/mol. The number of aromatic nitrogens is 2. The smallest absolute Gasteiger partial charge is 0.324 e. The zero-order valence-corrected chi connectivity index (χ0v) is 18.2. The van der Waals surface area contributed by atoms with Gasteiger partial charge in [-0.1, -0.05) is 31.1 Å². The Bertz CT molecular complexity index is 1010. The van der Waals surface area contributed by atoms with Gasteiger partial charge in [-0.2, -0.15) is 4.98 Å². The van der Waals surface area contributed by atoms with E-state index in [-0.39, 0.29) is 11.8 Å². The quantitative estimate of drug-likeness (QED) is 0.621. The number of carbonyl (C=O) groups is 1. The summed E-state index contributed by atoms with van der Waals surface area (Å²) in [7, 11) is 1.63. The van der Waals surface area contributed by atoms with E-state index in [2.05, 4.69) is 41.4 Å². The number of nitrogens with one attached hydrogen (secondary N) is 1. The van der Waals surface area contributed by atoms with Gasteiger partial charge in [-0.15, -0.1) is 0 Å². The van der Waals surface area contributed by atoms with Crippen molar-refractivity contribution in [3.05, 3.63) is 54.1 Å². The van der Waals surface area contributed by atoms with Gasteiger partial charge < -0.3 is 19.5 Å². The maximum atomic E-state index is 12.8. The summed E-state index contributed by atoms with van der Waals surface area (Å²) in [6, 6.07) is 16.0. The molecule has 7 nitrogen and oxygen atoms in total. The molecule has 1 amide bonds. The van der Waals surface area contributed by atoms with Crippen molar-refractivity contribution in [2.45, 2.75) is 32.6 Å². The van der Waals surface area contributed by atoms with Crippen LogP contribution in [0.25, 0.3) is 11.4 Å². The van der Waals surface area contributed by atoms with E-state index in [9.17, 15) is 4.79 Å². The van der Waals surface area contributed by atoms with Gasteiger partial charge in [0.1, 0.15) is 5.75 Å². The molecule has 162 valence electrons. The molecule has 2 aromatic carbocycles. The Morgan fingerprint density at radius 2 is 1.90 bits per heavy atom. The van der Waals surface area contributed by atoms with Gasteiger partial charge in [-0.3, -0.25) is 4.79 Å². The maximum absolute atomic E-state index is 12.8. The molecule has 1 atom stereocenters. The summed E-state index contributed by atoms with van der Waals surface area (Å²) in [4.78, 5) is 19.4. The highest BCUT2D eigenvalue weighted by Gasteiger charge is 2.28. The van der Waals surface area contributed by atoms with E-state index < -0.39 is 0 Å². The zero-order chi connectivity index (χ0) is 21.8. The van der Waals surface area contributed by atoms with Gasteiger partial charge in [-0.05, 0) is 60.7 Å². The summed E-state index contributed by atoms with van der Waals surface area (Å²) in [5, 5.41) is 7.16. The molecule has 1 aliphatic rings. The fourth-order valence-corrected chi connectivity index (χ4v) is 3.76. The van der Waals surface area contributed by atoms with Crippen molar-refractivity contribution in [2.75, 3.05) is 30.4 Å². The monoisotopic (exact) mass is 420 g/mol. The van der Waals surface area contributed by atoms with Gasteiger partial charge in [0.2, 0.25) is 11.7 Å². The van der Waals surface area contributed by atoms with Gasteiger partial charge >= 0.3 is 6.01 Å². The van der Waals surface area contributed by atoms with Crippen LogP contribution in [0.1, 0.15) is 38.2 Å². The highest BCUT2D eigenvalue weighted by Crippen LogP contribution is 2.26. The number of carbonyl (C=O) groups excluding carboxylic acids is 1. The Balaban J connectivity index is 1.40. The Morgan fingerprint density at radius 3 is 2.58 bits per heavy atom. The van der Waals surface area contributed by atoms with Gasteiger partial charge in [0, 0.05) is 24.3 Å². The normalized spacial score (nSPS) is 16.4. The molecule has 1 aromatic heterocycles. The molecule has 4 rings (SSSR count). The number of amides is 1. The Labute approximate surface area is 182 Å². The average molecular weight is 421 g/mol. The van der Waals surface area contributed by atoms with Crippen molar-refractivity contribution in [1.29, 1.82) is 0 Å². The fourth-order valence-electron chi connectivity index (χ4n) is 3.76. The van der Waals surface area contributed by atoms with Crippen LogP contribution in [0.2, 0.25) is 0 Å². The third kappa shape index (κ3) is 4.87. The number of piperidine rings is 1. The van der Waals surface area contributed by atoms with Crippen LogP contribution in [0.3, 0.4) is 0 Å². The number of benzene rings is 2. The van der Waals surface area contributed by atoms with Crippen molar-refractivity contribution >= 4 is 17.6 Å². The first-order valence-corrected chi connectivity index (χ1v) is 10.7. The molecule has 0 saturated carbocycles. The first-order chi connectivity index (χ1) is 15.0. The summed E-state index contributed by atoms with van der Waals surface area (Å²) < 4.78 is 10.7. The maximum Gasteiger partial charge on any atom is 0.324 e. The van der Waals surface area contributed by atoms with E-state index >= 15 is 0 Å². The van der Waals surface area contributed by atoms with Crippen LogP contribution in [-0.4, -0.2) is 36.2 Å². The molecule has 7 heteroatoms. The predicted molar refractivity (Wildman–Crippen MR) is 120 cm³/mol. The van der Waals surface area contributed by atoms with Crippen LogP contribution in [0.5, 0.6) is 5.75 Å². The van der Waals surface area contributed by atoms with Crippen molar-refractivity contribution in [1.82, 2.24) is 10.1 Å². The number of methoxy groups -OCH3 is 1. The molecule has 0 unspecified atom stereocenters. The molecule has 0 spiro atoms. The molecule has 1 N–H and O–H groups in total. The zero-order valence-electron chi connectivity index (χ0n) is 18.2. The molecule has 1 saturated heterocycles. The lowest BCUT2D eigenvalue weighted by atomic mass is 9.97. The minimum Gasteiger partial charge on any atom is -0.497 e. The first-order valence-electron chi connectivity index (χ1n) is 10.7. The minimum absolute atomic E-state index is 0.0249. The number of hydrogen-bond donors (Lipinski definition) is 1. The van der Waals surface area contributed by atoms with E-state index in [0.717, 1.165) is 36.4 Å². The van der Waals surface area contributed by atoms with Gasteiger partial charge in [-0.25, -0.2) is 0 Å². The number of ether oxygens (including phenoxy) is 1. The topological polar surface area (TPSA) is 80.5 Å². The third-order valence-corrected chi connectivity index (χ3v) is 5.67. The molecule has 0 radical (unpaired) electrons. The summed E-state index contributed by atoms with van der Waals surface area (Å²) in [5.41, 5.74) is 2.93. The summed E-state index contributed by atoms with van der Waals surface area (Å²) >= 11 is 0. The van der Waals surface area contributed by atoms with Crippen molar-refractivity contribution in [3.8, 4) is 17.1 Å². The molecule has 3 aromatic rings. The fraction of sp³-hybridized carbons (Fsp3) is 0.375. The molecule has 0 bridgehead atoms. The van der Waals surface area contributed by atoms with Crippen LogP contribution in [0, 0.1) is 5.92 Å². The predicted octanol–water partition coefficient (Wildman–Crippen LogP) is 4.72. The molecule has 1 aliphatic heterocycles. The second-order valence-corrected chi connectivity index (χ2v) is 8.18. The Hall–Kier alpha value is -3.35. The molecular formula is C24H28N4O3. The standard InChI is InChI=1S/C24H28N4O3/c1-16(2)17-6-10-20(11-7-17)25-23(29)19-5-4-14-28(15-19)24-26-22(27-31-24)18-8-12-21(30-3)13-9-18/h6-13,16,19H,4-5,14-15H2,1-3H3,(H,25,29)/t19-/m1/s1. The molecule has 0 aliphatic carbocycles. The number of rotatable bonds is 6. The van der Waals surface area contributed by atoms with Crippen LogP contribution in [-0.2, 0) is 4.79 Å². The number of anilines is 2. The molecule has 1 fully saturated rings. The third-order valence-electron chi connectivity index (χ3n) is 5.67. The van der Waals surface area contributed by atoms with Gasteiger partial charge in [0.05, 0.1) is 13.0 Å². The van der Waals surface area contributed by atoms with E-state index in [0.29, 0.717) is 24.3 Å². The van der Waals surface area contributed by atoms with Crippen LogP contribution in [0.15, 0.2) is 53.1 Å². The lowest BCUT2D eigenvalue weighted by Gasteiger charge is -2.30. The lowest BCUT2D eigenvalue weighted by molar-refractivity contribution is -0.120. The van der Waals surface area contributed by atoms with Gasteiger partial charge in [0.15, 0.2) is 0 Å².